The molecule has 2 aromatic heterocycles. The average Bonchev–Trinajstić information content (AvgIpc) is 2.96. The predicted octanol–water partition coefficient (Wildman–Crippen LogP) is 2.67. The molecule has 0 aromatic carbocycles. The quantitative estimate of drug-likeness (QED) is 0.890. The number of hydrogen-bond donors (Lipinski definition) is 1. The highest BCUT2D eigenvalue weighted by Crippen LogP contribution is 2.23. The first-order valence-electron chi connectivity index (χ1n) is 5.35. The van der Waals surface area contributed by atoms with Gasteiger partial charge >= 0.3 is 0 Å². The molecule has 0 bridgehead atoms. The van der Waals surface area contributed by atoms with E-state index in [1.54, 1.807) is 0 Å². The van der Waals surface area contributed by atoms with Crippen molar-refractivity contribution in [2.75, 3.05) is 7.05 Å². The zero-order valence-electron chi connectivity index (χ0n) is 9.43. The molecular weight excluding hydrogens is 238 g/mol. The fraction of sp³-hybridized carbons (Fsp3) is 0.455. The largest absolute Gasteiger partial charge is 0.311 e. The van der Waals surface area contributed by atoms with E-state index >= 15 is 0 Å². The van der Waals surface area contributed by atoms with Gasteiger partial charge in [-0.2, -0.15) is 0 Å². The summed E-state index contributed by atoms with van der Waals surface area (Å²) in [6, 6.07) is 4.71. The molecule has 0 aliphatic heterocycles. The van der Waals surface area contributed by atoms with Gasteiger partial charge in [0.15, 0.2) is 0 Å². The second-order valence-corrected chi connectivity index (χ2v) is 5.46. The lowest BCUT2D eigenvalue weighted by Crippen LogP contribution is -2.18. The summed E-state index contributed by atoms with van der Waals surface area (Å²) >= 11 is 3.29. The van der Waals surface area contributed by atoms with Crippen molar-refractivity contribution in [3.63, 3.8) is 0 Å². The van der Waals surface area contributed by atoms with Crippen LogP contribution >= 0.6 is 22.9 Å². The van der Waals surface area contributed by atoms with Gasteiger partial charge in [0.25, 0.3) is 0 Å². The van der Waals surface area contributed by atoms with E-state index in [0.717, 1.165) is 18.5 Å². The summed E-state index contributed by atoms with van der Waals surface area (Å²) in [6.07, 6.45) is 2.11. The van der Waals surface area contributed by atoms with E-state index in [0.29, 0.717) is 0 Å². The Balaban J connectivity index is 2.07. The Kier molecular flexibility index (Phi) is 4.04. The SMILES string of the molecule is CCc1ccc(CC(NC)c2csnn2)s1. The Morgan fingerprint density at radius 2 is 2.19 bits per heavy atom. The van der Waals surface area contributed by atoms with Crippen LogP contribution in [0.25, 0.3) is 0 Å². The zero-order chi connectivity index (χ0) is 11.4. The molecule has 1 N–H and O–H groups in total. The summed E-state index contributed by atoms with van der Waals surface area (Å²) in [5, 5.41) is 9.42. The minimum atomic E-state index is 0.280. The molecule has 0 aliphatic carbocycles. The molecular formula is C11H15N3S2. The smallest absolute Gasteiger partial charge is 0.0928 e. The highest BCUT2D eigenvalue weighted by Gasteiger charge is 2.13. The molecule has 0 radical (unpaired) electrons. The highest BCUT2D eigenvalue weighted by molar-refractivity contribution is 7.12. The fourth-order valence-electron chi connectivity index (χ4n) is 1.60. The van der Waals surface area contributed by atoms with E-state index in [2.05, 4.69) is 34.0 Å². The maximum Gasteiger partial charge on any atom is 0.0928 e. The van der Waals surface area contributed by atoms with Crippen molar-refractivity contribution >= 4 is 22.9 Å². The molecule has 0 spiro atoms. The summed E-state index contributed by atoms with van der Waals surface area (Å²) in [7, 11) is 1.97. The van der Waals surface area contributed by atoms with Gasteiger partial charge in [-0.05, 0) is 37.1 Å². The molecule has 86 valence electrons. The maximum absolute atomic E-state index is 4.12. The van der Waals surface area contributed by atoms with Gasteiger partial charge < -0.3 is 5.32 Å². The third-order valence-corrected chi connectivity index (χ3v) is 4.33. The van der Waals surface area contributed by atoms with Crippen molar-refractivity contribution < 1.29 is 0 Å². The first kappa shape index (κ1) is 11.7. The van der Waals surface area contributed by atoms with E-state index in [1.807, 2.05) is 23.8 Å². The van der Waals surface area contributed by atoms with Crippen LogP contribution in [0.2, 0.25) is 0 Å². The molecule has 5 heteroatoms. The molecule has 2 heterocycles. The standard InChI is InChI=1S/C11H15N3S2/c1-3-8-4-5-9(16-8)6-10(12-2)11-7-15-14-13-11/h4-5,7,10,12H,3,6H2,1-2H3. The van der Waals surface area contributed by atoms with Crippen LogP contribution in [-0.4, -0.2) is 16.6 Å². The first-order valence-corrected chi connectivity index (χ1v) is 7.00. The van der Waals surface area contributed by atoms with Gasteiger partial charge in [0, 0.05) is 21.6 Å². The van der Waals surface area contributed by atoms with Crippen LogP contribution in [0.15, 0.2) is 17.5 Å². The van der Waals surface area contributed by atoms with Gasteiger partial charge in [-0.1, -0.05) is 11.4 Å². The van der Waals surface area contributed by atoms with Crippen LogP contribution in [-0.2, 0) is 12.8 Å². The highest BCUT2D eigenvalue weighted by atomic mass is 32.1. The Morgan fingerprint density at radius 1 is 1.38 bits per heavy atom. The van der Waals surface area contributed by atoms with Crippen LogP contribution in [0.1, 0.15) is 28.4 Å². The number of rotatable bonds is 5. The minimum Gasteiger partial charge on any atom is -0.311 e. The van der Waals surface area contributed by atoms with Crippen LogP contribution in [0.4, 0.5) is 0 Å². The molecule has 2 rings (SSSR count). The van der Waals surface area contributed by atoms with Crippen molar-refractivity contribution in [2.45, 2.75) is 25.8 Å². The third-order valence-electron chi connectivity index (χ3n) is 2.55. The van der Waals surface area contributed by atoms with Gasteiger partial charge in [0.05, 0.1) is 11.7 Å². The lowest BCUT2D eigenvalue weighted by Gasteiger charge is -2.11. The third kappa shape index (κ3) is 2.66. The van der Waals surface area contributed by atoms with E-state index in [1.165, 1.54) is 21.3 Å². The van der Waals surface area contributed by atoms with E-state index in [-0.39, 0.29) is 6.04 Å². The maximum atomic E-state index is 4.12. The van der Waals surface area contributed by atoms with Gasteiger partial charge in [-0.3, -0.25) is 0 Å². The summed E-state index contributed by atoms with van der Waals surface area (Å²) in [4.78, 5) is 2.85. The molecule has 0 saturated heterocycles. The lowest BCUT2D eigenvalue weighted by atomic mass is 10.1. The molecule has 16 heavy (non-hydrogen) atoms. The normalized spacial score (nSPS) is 12.9. The van der Waals surface area contributed by atoms with Crippen molar-refractivity contribution in [1.29, 1.82) is 0 Å². The minimum absolute atomic E-state index is 0.280. The second kappa shape index (κ2) is 5.52. The Labute approximate surface area is 104 Å². The number of nitrogens with one attached hydrogen (secondary N) is 1. The predicted molar refractivity (Wildman–Crippen MR) is 69.1 cm³/mol. The molecule has 1 atom stereocenters. The fourth-order valence-corrected chi connectivity index (χ4v) is 3.11. The Bertz CT molecular complexity index is 422. The van der Waals surface area contributed by atoms with Gasteiger partial charge in [0.1, 0.15) is 0 Å². The van der Waals surface area contributed by atoms with Crippen LogP contribution < -0.4 is 5.32 Å². The van der Waals surface area contributed by atoms with E-state index in [9.17, 15) is 0 Å². The molecule has 0 fully saturated rings. The summed E-state index contributed by atoms with van der Waals surface area (Å²) < 4.78 is 3.91. The molecule has 3 nitrogen and oxygen atoms in total. The Morgan fingerprint density at radius 3 is 2.75 bits per heavy atom. The van der Waals surface area contributed by atoms with Crippen LogP contribution in [0, 0.1) is 0 Å². The number of aryl methyl sites for hydroxylation is 1. The van der Waals surface area contributed by atoms with Crippen LogP contribution in [0.5, 0.6) is 0 Å². The van der Waals surface area contributed by atoms with Crippen molar-refractivity contribution in [2.24, 2.45) is 0 Å². The number of aromatic nitrogens is 2. The van der Waals surface area contributed by atoms with Gasteiger partial charge in [0.2, 0.25) is 0 Å². The molecule has 0 amide bonds. The molecule has 0 aliphatic rings. The van der Waals surface area contributed by atoms with Crippen LogP contribution in [0.3, 0.4) is 0 Å². The topological polar surface area (TPSA) is 37.8 Å². The second-order valence-electron chi connectivity index (χ2n) is 3.60. The summed E-state index contributed by atoms with van der Waals surface area (Å²) in [5.74, 6) is 0. The number of nitrogens with zero attached hydrogens (tertiary/aromatic N) is 2. The van der Waals surface area contributed by atoms with Crippen molar-refractivity contribution in [3.05, 3.63) is 33.0 Å². The van der Waals surface area contributed by atoms with Crippen molar-refractivity contribution in [3.8, 4) is 0 Å². The number of thiophene rings is 1. The molecule has 1 unspecified atom stereocenters. The Hall–Kier alpha value is -0.780. The number of hydrogen-bond acceptors (Lipinski definition) is 5. The average molecular weight is 253 g/mol. The van der Waals surface area contributed by atoms with E-state index in [4.69, 9.17) is 0 Å². The monoisotopic (exact) mass is 253 g/mol. The first-order chi connectivity index (χ1) is 7.83. The lowest BCUT2D eigenvalue weighted by molar-refractivity contribution is 0.578. The van der Waals surface area contributed by atoms with Gasteiger partial charge in [-0.25, -0.2) is 0 Å². The summed E-state index contributed by atoms with van der Waals surface area (Å²) in [6.45, 7) is 2.19. The number of likely N-dealkylation sites (N-methyl/N-ethyl adjacent to an activating group) is 1. The van der Waals surface area contributed by atoms with Gasteiger partial charge in [-0.15, -0.1) is 16.4 Å². The molecule has 2 aromatic rings. The van der Waals surface area contributed by atoms with E-state index < -0.39 is 0 Å². The zero-order valence-corrected chi connectivity index (χ0v) is 11.1. The van der Waals surface area contributed by atoms with Crippen molar-refractivity contribution in [1.82, 2.24) is 14.9 Å². The molecule has 0 saturated carbocycles. The summed E-state index contributed by atoms with van der Waals surface area (Å²) in [5.41, 5.74) is 1.04.